The molecule has 1 saturated heterocycles. The number of fused-ring (bicyclic) bond motifs is 1. The monoisotopic (exact) mass is 386 g/mol. The van der Waals surface area contributed by atoms with Gasteiger partial charge in [-0.25, -0.2) is 0 Å². The van der Waals surface area contributed by atoms with Crippen molar-refractivity contribution in [1.29, 1.82) is 0 Å². The third-order valence-electron chi connectivity index (χ3n) is 5.48. The number of likely N-dealkylation sites (tertiary alicyclic amines) is 1. The summed E-state index contributed by atoms with van der Waals surface area (Å²) in [5.41, 5.74) is 8.46. The van der Waals surface area contributed by atoms with E-state index in [4.69, 9.17) is 10.5 Å². The molecule has 2 aliphatic rings. The molecule has 1 fully saturated rings. The summed E-state index contributed by atoms with van der Waals surface area (Å²) in [6, 6.07) is 5.07. The first kappa shape index (κ1) is 20.0. The van der Waals surface area contributed by atoms with Crippen LogP contribution in [-0.2, 0) is 32.0 Å². The maximum Gasteiger partial charge on any atom is 0.306 e. The van der Waals surface area contributed by atoms with Gasteiger partial charge in [0.2, 0.25) is 5.91 Å². The second-order valence-corrected chi connectivity index (χ2v) is 7.42. The molecule has 0 bridgehead atoms. The number of aryl methyl sites for hydroxylation is 2. The number of carbonyl (C=O) groups is 4. The Morgan fingerprint density at radius 2 is 1.82 bits per heavy atom. The van der Waals surface area contributed by atoms with Crippen molar-refractivity contribution in [2.24, 2.45) is 5.73 Å². The maximum atomic E-state index is 12.3. The largest absolute Gasteiger partial charge is 0.456 e. The number of hydrogen-bond acceptors (Lipinski definition) is 5. The molecule has 2 amide bonds. The molecule has 7 nitrogen and oxygen atoms in total. The number of primary amides is 1. The molecule has 150 valence electrons. The van der Waals surface area contributed by atoms with Crippen LogP contribution >= 0.6 is 0 Å². The maximum absolute atomic E-state index is 12.3. The minimum absolute atomic E-state index is 0.0411. The Kier molecular flexibility index (Phi) is 6.44. The van der Waals surface area contributed by atoms with E-state index in [2.05, 4.69) is 0 Å². The molecule has 1 atom stereocenters. The van der Waals surface area contributed by atoms with E-state index in [9.17, 15) is 19.2 Å². The molecule has 28 heavy (non-hydrogen) atoms. The summed E-state index contributed by atoms with van der Waals surface area (Å²) in [5, 5.41) is 0. The number of nitrogens with zero attached hydrogens (tertiary/aromatic N) is 1. The van der Waals surface area contributed by atoms with Crippen LogP contribution in [0.1, 0.15) is 60.0 Å². The fourth-order valence-electron chi connectivity index (χ4n) is 3.93. The highest BCUT2D eigenvalue weighted by atomic mass is 16.5. The van der Waals surface area contributed by atoms with Gasteiger partial charge < -0.3 is 15.4 Å². The van der Waals surface area contributed by atoms with Crippen molar-refractivity contribution in [1.82, 2.24) is 4.90 Å². The average Bonchev–Trinajstić information content (AvgIpc) is 3.17. The number of rotatable bonds is 7. The predicted octanol–water partition coefficient (Wildman–Crippen LogP) is 1.55. The third-order valence-corrected chi connectivity index (χ3v) is 5.48. The van der Waals surface area contributed by atoms with Gasteiger partial charge in [0.15, 0.2) is 12.4 Å². The molecule has 7 heteroatoms. The van der Waals surface area contributed by atoms with E-state index in [1.807, 2.05) is 18.2 Å². The topological polar surface area (TPSA) is 107 Å². The summed E-state index contributed by atoms with van der Waals surface area (Å²) >= 11 is 0. The Bertz CT molecular complexity index is 789. The van der Waals surface area contributed by atoms with Gasteiger partial charge in [0.1, 0.15) is 6.04 Å². The van der Waals surface area contributed by atoms with Gasteiger partial charge in [0.05, 0.1) is 6.42 Å². The molecule has 2 N–H and O–H groups in total. The van der Waals surface area contributed by atoms with Gasteiger partial charge >= 0.3 is 5.97 Å². The van der Waals surface area contributed by atoms with Crippen LogP contribution in [0.3, 0.4) is 0 Å². The van der Waals surface area contributed by atoms with E-state index < -0.39 is 30.4 Å². The summed E-state index contributed by atoms with van der Waals surface area (Å²) in [5.74, 6) is -1.68. The molecular formula is C21H26N2O5. The zero-order valence-electron chi connectivity index (χ0n) is 15.9. The third kappa shape index (κ3) is 4.77. The van der Waals surface area contributed by atoms with E-state index >= 15 is 0 Å². The van der Waals surface area contributed by atoms with Gasteiger partial charge in [0.25, 0.3) is 5.91 Å². The van der Waals surface area contributed by atoms with Gasteiger partial charge in [-0.3, -0.25) is 19.2 Å². The van der Waals surface area contributed by atoms with Crippen molar-refractivity contribution in [2.45, 2.75) is 57.4 Å². The minimum Gasteiger partial charge on any atom is -0.456 e. The number of nitrogens with two attached hydrogens (primary N) is 1. The quantitative estimate of drug-likeness (QED) is 0.565. The van der Waals surface area contributed by atoms with E-state index in [1.54, 1.807) is 0 Å². The average molecular weight is 386 g/mol. The lowest BCUT2D eigenvalue weighted by molar-refractivity contribution is -0.154. The normalized spacial score (nSPS) is 18.4. The molecule has 1 heterocycles. The summed E-state index contributed by atoms with van der Waals surface area (Å²) in [4.78, 5) is 49.4. The molecule has 3 rings (SSSR count). The summed E-state index contributed by atoms with van der Waals surface area (Å²) in [7, 11) is 0. The molecule has 0 unspecified atom stereocenters. The Balaban J connectivity index is 1.44. The molecular weight excluding hydrogens is 360 g/mol. The van der Waals surface area contributed by atoms with E-state index in [0.29, 0.717) is 18.5 Å². The number of amides is 2. The highest BCUT2D eigenvalue weighted by Crippen LogP contribution is 2.23. The molecule has 0 saturated carbocycles. The van der Waals surface area contributed by atoms with Crippen molar-refractivity contribution in [3.8, 4) is 0 Å². The molecule has 1 aliphatic heterocycles. The zero-order chi connectivity index (χ0) is 20.1. The Hall–Kier alpha value is -2.70. The number of esters is 1. The van der Waals surface area contributed by atoms with Gasteiger partial charge in [-0.1, -0.05) is 12.1 Å². The number of ketones is 1. The standard InChI is InChI=1S/C21H26N2O5/c22-21(27)17-6-1-2-11-23(17)19(25)13-28-20(26)10-9-18(24)16-8-7-14-4-3-5-15(14)12-16/h7-8,12,17H,1-6,9-11,13H2,(H2,22,27)/t17-/m1/s1. The molecule has 1 aromatic rings. The van der Waals surface area contributed by atoms with Crippen LogP contribution in [0, 0.1) is 0 Å². The second kappa shape index (κ2) is 8.99. The first-order valence-electron chi connectivity index (χ1n) is 9.85. The van der Waals surface area contributed by atoms with Gasteiger partial charge in [-0.05, 0) is 55.7 Å². The van der Waals surface area contributed by atoms with E-state index in [-0.39, 0.29) is 18.6 Å². The van der Waals surface area contributed by atoms with Crippen molar-refractivity contribution < 1.29 is 23.9 Å². The number of piperidine rings is 1. The Morgan fingerprint density at radius 1 is 1.04 bits per heavy atom. The van der Waals surface area contributed by atoms with Crippen LogP contribution in [0.2, 0.25) is 0 Å². The van der Waals surface area contributed by atoms with Gasteiger partial charge in [-0.15, -0.1) is 0 Å². The lowest BCUT2D eigenvalue weighted by atomic mass is 10.0. The predicted molar refractivity (Wildman–Crippen MR) is 102 cm³/mol. The van der Waals surface area contributed by atoms with Crippen LogP contribution in [0.25, 0.3) is 0 Å². The summed E-state index contributed by atoms with van der Waals surface area (Å²) in [6.45, 7) is -0.00352. The van der Waals surface area contributed by atoms with Crippen LogP contribution < -0.4 is 5.73 Å². The lowest BCUT2D eigenvalue weighted by Crippen LogP contribution is -2.51. The molecule has 1 aromatic carbocycles. The van der Waals surface area contributed by atoms with Crippen molar-refractivity contribution >= 4 is 23.6 Å². The number of benzene rings is 1. The van der Waals surface area contributed by atoms with Crippen LogP contribution in [0.15, 0.2) is 18.2 Å². The van der Waals surface area contributed by atoms with Crippen LogP contribution in [0.5, 0.6) is 0 Å². The van der Waals surface area contributed by atoms with Crippen molar-refractivity contribution in [3.05, 3.63) is 34.9 Å². The number of ether oxygens (including phenoxy) is 1. The smallest absolute Gasteiger partial charge is 0.306 e. The fraction of sp³-hybridized carbons (Fsp3) is 0.524. The van der Waals surface area contributed by atoms with Crippen LogP contribution in [-0.4, -0.2) is 47.7 Å². The summed E-state index contributed by atoms with van der Waals surface area (Å²) < 4.78 is 5.01. The number of hydrogen-bond donors (Lipinski definition) is 1. The van der Waals surface area contributed by atoms with Gasteiger partial charge in [0, 0.05) is 18.5 Å². The lowest BCUT2D eigenvalue weighted by Gasteiger charge is -2.33. The van der Waals surface area contributed by atoms with Gasteiger partial charge in [-0.2, -0.15) is 0 Å². The molecule has 1 aliphatic carbocycles. The molecule has 0 spiro atoms. The second-order valence-electron chi connectivity index (χ2n) is 7.42. The zero-order valence-corrected chi connectivity index (χ0v) is 15.9. The number of carbonyl (C=O) groups excluding carboxylic acids is 4. The summed E-state index contributed by atoms with van der Waals surface area (Å²) in [6.07, 6.45) is 5.27. The first-order chi connectivity index (χ1) is 13.5. The van der Waals surface area contributed by atoms with E-state index in [0.717, 1.165) is 32.1 Å². The van der Waals surface area contributed by atoms with E-state index in [1.165, 1.54) is 16.0 Å². The first-order valence-corrected chi connectivity index (χ1v) is 9.85. The van der Waals surface area contributed by atoms with Crippen molar-refractivity contribution in [3.63, 3.8) is 0 Å². The minimum atomic E-state index is -0.638. The Labute approximate surface area is 164 Å². The molecule has 0 aromatic heterocycles. The highest BCUT2D eigenvalue weighted by Gasteiger charge is 2.31. The SMILES string of the molecule is NC(=O)[C@H]1CCCCN1C(=O)COC(=O)CCC(=O)c1ccc2c(c1)CCC2. The highest BCUT2D eigenvalue weighted by molar-refractivity contribution is 5.98. The fourth-order valence-corrected chi connectivity index (χ4v) is 3.93. The van der Waals surface area contributed by atoms with Crippen LogP contribution in [0.4, 0.5) is 0 Å². The number of Topliss-reactive ketones (excluding diaryl/α,β-unsaturated/α-hetero) is 1. The van der Waals surface area contributed by atoms with Crippen molar-refractivity contribution in [2.75, 3.05) is 13.2 Å². The molecule has 0 radical (unpaired) electrons. The Morgan fingerprint density at radius 3 is 2.61 bits per heavy atom.